The zero-order chi connectivity index (χ0) is 15.6. The Kier molecular flexibility index (Phi) is 4.54. The molecule has 0 fully saturated rings. The lowest BCUT2D eigenvalue weighted by molar-refractivity contribution is 0.600. The van der Waals surface area contributed by atoms with Gasteiger partial charge in [0.25, 0.3) is 10.0 Å². The number of rotatable bonds is 4. The Labute approximate surface area is 128 Å². The predicted molar refractivity (Wildman–Crippen MR) is 82.7 cm³/mol. The second-order valence-corrected chi connectivity index (χ2v) is 7.02. The van der Waals surface area contributed by atoms with Gasteiger partial charge < -0.3 is 0 Å². The highest BCUT2D eigenvalue weighted by Crippen LogP contribution is 2.25. The Morgan fingerprint density at radius 2 is 1.86 bits per heavy atom. The van der Waals surface area contributed by atoms with Crippen LogP contribution >= 0.6 is 11.6 Å². The van der Waals surface area contributed by atoms with Crippen LogP contribution in [0.4, 0.5) is 10.1 Å². The van der Waals surface area contributed by atoms with Crippen LogP contribution in [0.3, 0.4) is 0 Å². The molecular formula is C15H15ClFNO2S. The van der Waals surface area contributed by atoms with Crippen LogP contribution in [0.5, 0.6) is 0 Å². The van der Waals surface area contributed by atoms with E-state index in [1.165, 1.54) is 0 Å². The summed E-state index contributed by atoms with van der Waals surface area (Å²) in [6.45, 7) is 4.04. The van der Waals surface area contributed by atoms with Crippen LogP contribution in [-0.4, -0.2) is 8.42 Å². The van der Waals surface area contributed by atoms with Gasteiger partial charge in [-0.25, -0.2) is 12.8 Å². The molecule has 112 valence electrons. The van der Waals surface area contributed by atoms with Gasteiger partial charge in [0.05, 0.1) is 5.02 Å². The van der Waals surface area contributed by atoms with E-state index in [0.717, 1.165) is 23.8 Å². The number of hydrogen-bond acceptors (Lipinski definition) is 2. The fourth-order valence-corrected chi connectivity index (χ4v) is 3.45. The van der Waals surface area contributed by atoms with Crippen LogP contribution in [0, 0.1) is 5.82 Å². The normalized spacial score (nSPS) is 11.7. The van der Waals surface area contributed by atoms with Crippen molar-refractivity contribution >= 4 is 27.3 Å². The van der Waals surface area contributed by atoms with Gasteiger partial charge in [-0.05, 0) is 41.8 Å². The van der Waals surface area contributed by atoms with E-state index in [1.54, 1.807) is 18.2 Å². The van der Waals surface area contributed by atoms with Crippen LogP contribution in [0.15, 0.2) is 47.4 Å². The first-order valence-corrected chi connectivity index (χ1v) is 8.23. The molecule has 0 aliphatic rings. The van der Waals surface area contributed by atoms with Crippen molar-refractivity contribution in [1.82, 2.24) is 0 Å². The van der Waals surface area contributed by atoms with Crippen molar-refractivity contribution in [3.63, 3.8) is 0 Å². The zero-order valence-electron chi connectivity index (χ0n) is 11.6. The summed E-state index contributed by atoms with van der Waals surface area (Å²) in [6.07, 6.45) is 0. The molecule has 0 aromatic heterocycles. The lowest BCUT2D eigenvalue weighted by Gasteiger charge is -2.12. The summed E-state index contributed by atoms with van der Waals surface area (Å²) in [5.41, 5.74) is 1.46. The molecule has 6 heteroatoms. The van der Waals surface area contributed by atoms with Gasteiger partial charge in [0.2, 0.25) is 0 Å². The van der Waals surface area contributed by atoms with Crippen LogP contribution in [0.25, 0.3) is 0 Å². The molecule has 0 aliphatic carbocycles. The van der Waals surface area contributed by atoms with Crippen molar-refractivity contribution in [2.24, 2.45) is 0 Å². The summed E-state index contributed by atoms with van der Waals surface area (Å²) in [6, 6.07) is 10.3. The van der Waals surface area contributed by atoms with E-state index >= 15 is 0 Å². The largest absolute Gasteiger partial charge is 0.280 e. The molecule has 0 heterocycles. The second kappa shape index (κ2) is 6.03. The summed E-state index contributed by atoms with van der Waals surface area (Å²) in [7, 11) is -3.85. The number of halogens is 2. The molecule has 0 aliphatic heterocycles. The van der Waals surface area contributed by atoms with E-state index < -0.39 is 15.8 Å². The van der Waals surface area contributed by atoms with Crippen LogP contribution in [-0.2, 0) is 10.0 Å². The SMILES string of the molecule is CC(C)c1cccc(NS(=O)(=O)c2ccc(F)cc2Cl)c1. The molecular weight excluding hydrogens is 313 g/mol. The number of hydrogen-bond donors (Lipinski definition) is 1. The third-order valence-corrected chi connectivity index (χ3v) is 4.85. The average Bonchev–Trinajstić information content (AvgIpc) is 2.37. The minimum absolute atomic E-state index is 0.150. The maximum Gasteiger partial charge on any atom is 0.263 e. The summed E-state index contributed by atoms with van der Waals surface area (Å²) in [5, 5.41) is -0.150. The average molecular weight is 328 g/mol. The van der Waals surface area contributed by atoms with Crippen LogP contribution in [0.1, 0.15) is 25.3 Å². The molecule has 0 saturated heterocycles. The molecule has 0 bridgehead atoms. The van der Waals surface area contributed by atoms with Crippen molar-refractivity contribution in [3.8, 4) is 0 Å². The van der Waals surface area contributed by atoms with E-state index in [0.29, 0.717) is 5.69 Å². The molecule has 1 N–H and O–H groups in total. The maximum atomic E-state index is 13.0. The highest BCUT2D eigenvalue weighted by Gasteiger charge is 2.18. The summed E-state index contributed by atoms with van der Waals surface area (Å²) >= 11 is 5.80. The number of anilines is 1. The van der Waals surface area contributed by atoms with Gasteiger partial charge in [-0.1, -0.05) is 37.6 Å². The van der Waals surface area contributed by atoms with Gasteiger partial charge in [0.15, 0.2) is 0 Å². The van der Waals surface area contributed by atoms with Gasteiger partial charge >= 0.3 is 0 Å². The van der Waals surface area contributed by atoms with E-state index in [1.807, 2.05) is 19.9 Å². The second-order valence-electron chi connectivity index (χ2n) is 4.96. The van der Waals surface area contributed by atoms with Gasteiger partial charge in [0, 0.05) is 5.69 Å². The first-order valence-electron chi connectivity index (χ1n) is 6.37. The number of benzene rings is 2. The van der Waals surface area contributed by atoms with Crippen LogP contribution < -0.4 is 4.72 Å². The highest BCUT2D eigenvalue weighted by atomic mass is 35.5. The molecule has 21 heavy (non-hydrogen) atoms. The minimum Gasteiger partial charge on any atom is -0.280 e. The Morgan fingerprint density at radius 1 is 1.14 bits per heavy atom. The topological polar surface area (TPSA) is 46.2 Å². The van der Waals surface area contributed by atoms with Gasteiger partial charge in [-0.15, -0.1) is 0 Å². The zero-order valence-corrected chi connectivity index (χ0v) is 13.2. The van der Waals surface area contributed by atoms with Crippen LogP contribution in [0.2, 0.25) is 5.02 Å². The fourth-order valence-electron chi connectivity index (χ4n) is 1.86. The van der Waals surface area contributed by atoms with E-state index in [2.05, 4.69) is 4.72 Å². The van der Waals surface area contributed by atoms with Crippen molar-refractivity contribution in [2.45, 2.75) is 24.7 Å². The predicted octanol–water partition coefficient (Wildman–Crippen LogP) is 4.40. The van der Waals surface area contributed by atoms with Gasteiger partial charge in [0.1, 0.15) is 10.7 Å². The highest BCUT2D eigenvalue weighted by molar-refractivity contribution is 7.92. The third-order valence-electron chi connectivity index (χ3n) is 2.99. The summed E-state index contributed by atoms with van der Waals surface area (Å²) in [4.78, 5) is -0.152. The monoisotopic (exact) mass is 327 g/mol. The molecule has 0 saturated carbocycles. The van der Waals surface area contributed by atoms with E-state index in [-0.39, 0.29) is 15.8 Å². The molecule has 2 rings (SSSR count). The lowest BCUT2D eigenvalue weighted by atomic mass is 10.0. The van der Waals surface area contributed by atoms with E-state index in [9.17, 15) is 12.8 Å². The lowest BCUT2D eigenvalue weighted by Crippen LogP contribution is -2.13. The third kappa shape index (κ3) is 3.74. The van der Waals surface area contributed by atoms with Crippen molar-refractivity contribution in [1.29, 1.82) is 0 Å². The Bertz CT molecular complexity index is 760. The summed E-state index contributed by atoms with van der Waals surface area (Å²) < 4.78 is 40.1. The van der Waals surface area contributed by atoms with Crippen molar-refractivity contribution in [2.75, 3.05) is 4.72 Å². The first kappa shape index (κ1) is 15.8. The van der Waals surface area contributed by atoms with Gasteiger partial charge in [-0.2, -0.15) is 0 Å². The quantitative estimate of drug-likeness (QED) is 0.904. The standard InChI is InChI=1S/C15H15ClFNO2S/c1-10(2)11-4-3-5-13(8-11)18-21(19,20)15-7-6-12(17)9-14(15)16/h3-10,18H,1-2H3. The van der Waals surface area contributed by atoms with Gasteiger partial charge in [-0.3, -0.25) is 4.72 Å². The molecule has 0 unspecified atom stereocenters. The summed E-state index contributed by atoms with van der Waals surface area (Å²) in [5.74, 6) is -0.301. The number of sulfonamides is 1. The Morgan fingerprint density at radius 3 is 2.48 bits per heavy atom. The smallest absolute Gasteiger partial charge is 0.263 e. The Balaban J connectivity index is 2.35. The molecule has 3 nitrogen and oxygen atoms in total. The molecule has 0 atom stereocenters. The fraction of sp³-hybridized carbons (Fsp3) is 0.200. The molecule has 0 spiro atoms. The Hall–Kier alpha value is -1.59. The molecule has 2 aromatic carbocycles. The first-order chi connectivity index (χ1) is 9.79. The van der Waals surface area contributed by atoms with E-state index in [4.69, 9.17) is 11.6 Å². The molecule has 2 aromatic rings. The number of nitrogens with one attached hydrogen (secondary N) is 1. The van der Waals surface area contributed by atoms with Crippen molar-refractivity contribution in [3.05, 3.63) is 58.9 Å². The minimum atomic E-state index is -3.85. The van der Waals surface area contributed by atoms with Crippen molar-refractivity contribution < 1.29 is 12.8 Å². The molecule has 0 amide bonds. The maximum absolute atomic E-state index is 13.0. The molecule has 0 radical (unpaired) electrons.